The van der Waals surface area contributed by atoms with Crippen LogP contribution in [0.1, 0.15) is 23.3 Å². The average molecular weight is 465 g/mol. The summed E-state index contributed by atoms with van der Waals surface area (Å²) in [6.45, 7) is 0. The summed E-state index contributed by atoms with van der Waals surface area (Å²) in [5.41, 5.74) is 3.92. The van der Waals surface area contributed by atoms with E-state index in [2.05, 4.69) is 21.4 Å². The molecule has 6 nitrogen and oxygen atoms in total. The number of nitrogens with zero attached hydrogens (tertiary/aromatic N) is 2. The van der Waals surface area contributed by atoms with Crippen LogP contribution in [-0.4, -0.2) is 21.2 Å². The molecule has 0 saturated heterocycles. The van der Waals surface area contributed by atoms with Crippen LogP contribution >= 0.6 is 39.0 Å². The van der Waals surface area contributed by atoms with E-state index in [-0.39, 0.29) is 17.2 Å². The number of nitrogens with one attached hydrogen (secondary N) is 1. The van der Waals surface area contributed by atoms with E-state index in [0.29, 0.717) is 5.16 Å². The van der Waals surface area contributed by atoms with Crippen molar-refractivity contribution < 1.29 is 4.79 Å². The predicted octanol–water partition coefficient (Wildman–Crippen LogP) is 3.17. The largest absolute Gasteiger partial charge is 0.294 e. The van der Waals surface area contributed by atoms with E-state index in [1.54, 1.807) is 15.9 Å². The van der Waals surface area contributed by atoms with Crippen molar-refractivity contribution in [1.29, 1.82) is 0 Å². The predicted molar refractivity (Wildman–Crippen MR) is 113 cm³/mol. The van der Waals surface area contributed by atoms with Crippen molar-refractivity contribution in [3.8, 4) is 5.69 Å². The van der Waals surface area contributed by atoms with Gasteiger partial charge in [-0.2, -0.15) is 0 Å². The number of rotatable bonds is 4. The minimum absolute atomic E-state index is 0.0719. The highest BCUT2D eigenvalue weighted by atomic mass is 79.9. The third-order valence-electron chi connectivity index (χ3n) is 4.54. The van der Waals surface area contributed by atoms with Gasteiger partial charge in [0, 0.05) is 9.35 Å². The molecule has 140 valence electrons. The van der Waals surface area contributed by atoms with Crippen LogP contribution in [0.2, 0.25) is 0 Å². The number of carbonyl (C=O) groups is 1. The number of hydrogen-bond acceptors (Lipinski definition) is 6. The second kappa shape index (κ2) is 7.75. The number of nitrogens with two attached hydrogens (primary N) is 1. The van der Waals surface area contributed by atoms with Crippen LogP contribution in [0.3, 0.4) is 0 Å². The quantitative estimate of drug-likeness (QED) is 0.203. The Morgan fingerprint density at radius 1 is 1.30 bits per heavy atom. The van der Waals surface area contributed by atoms with E-state index in [4.69, 9.17) is 10.8 Å². The van der Waals surface area contributed by atoms with Crippen LogP contribution in [0.5, 0.6) is 0 Å². The molecule has 3 N–H and O–H groups in total. The highest BCUT2D eigenvalue weighted by molar-refractivity contribution is 9.10. The van der Waals surface area contributed by atoms with Crippen molar-refractivity contribution in [1.82, 2.24) is 15.0 Å². The van der Waals surface area contributed by atoms with E-state index in [1.165, 1.54) is 16.6 Å². The number of benzene rings is 1. The monoisotopic (exact) mass is 464 g/mol. The first-order valence-corrected chi connectivity index (χ1v) is 11.1. The summed E-state index contributed by atoms with van der Waals surface area (Å²) < 4.78 is 2.53. The van der Waals surface area contributed by atoms with Gasteiger partial charge in [-0.25, -0.2) is 10.8 Å². The fraction of sp³-hybridized carbons (Fsp3) is 0.278. The topological polar surface area (TPSA) is 90.0 Å². The number of thiophene rings is 1. The Labute approximate surface area is 172 Å². The number of carbonyl (C=O) groups excluding carboxylic acids is 1. The van der Waals surface area contributed by atoms with Gasteiger partial charge in [-0.15, -0.1) is 11.3 Å². The highest BCUT2D eigenvalue weighted by Crippen LogP contribution is 2.35. The van der Waals surface area contributed by atoms with Gasteiger partial charge in [0.15, 0.2) is 5.16 Å². The van der Waals surface area contributed by atoms with E-state index < -0.39 is 0 Å². The Morgan fingerprint density at radius 3 is 2.78 bits per heavy atom. The molecule has 4 rings (SSSR count). The third-order valence-corrected chi connectivity index (χ3v) is 7.19. The first-order chi connectivity index (χ1) is 13.1. The molecule has 1 aliphatic carbocycles. The van der Waals surface area contributed by atoms with Crippen molar-refractivity contribution >= 4 is 55.2 Å². The molecule has 1 aliphatic rings. The van der Waals surface area contributed by atoms with Gasteiger partial charge >= 0.3 is 0 Å². The SMILES string of the molecule is NNC(=O)CSc1nc2sc3c(c2c(=O)n1-c1ccc(Br)cc1)CCCC3. The van der Waals surface area contributed by atoms with Gasteiger partial charge in [0.2, 0.25) is 5.91 Å². The fourth-order valence-corrected chi connectivity index (χ4v) is 5.66. The number of aryl methyl sites for hydroxylation is 2. The maximum Gasteiger partial charge on any atom is 0.267 e. The van der Waals surface area contributed by atoms with Crippen molar-refractivity contribution in [2.45, 2.75) is 30.8 Å². The van der Waals surface area contributed by atoms with E-state index in [1.807, 2.05) is 24.3 Å². The number of amides is 1. The number of thioether (sulfide) groups is 1. The molecule has 0 bridgehead atoms. The van der Waals surface area contributed by atoms with Crippen LogP contribution in [0, 0.1) is 0 Å². The van der Waals surface area contributed by atoms with Crippen LogP contribution in [-0.2, 0) is 17.6 Å². The molecule has 0 saturated carbocycles. The lowest BCUT2D eigenvalue weighted by atomic mass is 9.97. The zero-order chi connectivity index (χ0) is 19.0. The van der Waals surface area contributed by atoms with Gasteiger partial charge < -0.3 is 0 Å². The molecule has 27 heavy (non-hydrogen) atoms. The summed E-state index contributed by atoms with van der Waals surface area (Å²) in [7, 11) is 0. The lowest BCUT2D eigenvalue weighted by molar-refractivity contribution is -0.118. The molecule has 3 aromatic rings. The second-order valence-electron chi connectivity index (χ2n) is 6.26. The number of hydrazine groups is 1. The smallest absolute Gasteiger partial charge is 0.267 e. The summed E-state index contributed by atoms with van der Waals surface area (Å²) in [6.07, 6.45) is 4.18. The van der Waals surface area contributed by atoms with Crippen LogP contribution in [0.25, 0.3) is 15.9 Å². The standard InChI is InChI=1S/C18H17BrN4O2S2/c19-10-5-7-11(8-6-10)23-17(25)15-12-3-1-2-4-13(12)27-16(15)21-18(23)26-9-14(24)22-20/h5-8H,1-4,9,20H2,(H,22,24). The molecule has 0 spiro atoms. The number of aromatic nitrogens is 2. The van der Waals surface area contributed by atoms with Crippen molar-refractivity contribution in [2.24, 2.45) is 5.84 Å². The van der Waals surface area contributed by atoms with Gasteiger partial charge in [0.1, 0.15) is 4.83 Å². The number of halogens is 1. The average Bonchev–Trinajstić information content (AvgIpc) is 3.05. The van der Waals surface area contributed by atoms with Crippen LogP contribution in [0.4, 0.5) is 0 Å². The molecule has 0 atom stereocenters. The summed E-state index contributed by atoms with van der Waals surface area (Å²) in [6, 6.07) is 7.50. The molecule has 1 amide bonds. The molecule has 0 radical (unpaired) electrons. The van der Waals surface area contributed by atoms with Gasteiger partial charge in [-0.3, -0.25) is 19.6 Å². The van der Waals surface area contributed by atoms with Gasteiger partial charge in [-0.1, -0.05) is 27.7 Å². The van der Waals surface area contributed by atoms with Crippen LogP contribution in [0.15, 0.2) is 38.7 Å². The number of fused-ring (bicyclic) bond motifs is 3. The second-order valence-corrected chi connectivity index (χ2v) is 9.20. The summed E-state index contributed by atoms with van der Waals surface area (Å²) in [5, 5.41) is 1.22. The van der Waals surface area contributed by atoms with Crippen molar-refractivity contribution in [2.75, 3.05) is 5.75 Å². The Bertz CT molecular complexity index is 1080. The van der Waals surface area contributed by atoms with Gasteiger partial charge in [0.05, 0.1) is 16.8 Å². The zero-order valence-electron chi connectivity index (χ0n) is 14.3. The van der Waals surface area contributed by atoms with Crippen molar-refractivity contribution in [3.05, 3.63) is 49.5 Å². The van der Waals surface area contributed by atoms with Crippen LogP contribution < -0.4 is 16.8 Å². The molecule has 0 unspecified atom stereocenters. The minimum Gasteiger partial charge on any atom is -0.294 e. The normalized spacial score (nSPS) is 13.6. The molecule has 9 heteroatoms. The van der Waals surface area contributed by atoms with E-state index >= 15 is 0 Å². The molecular formula is C18H17BrN4O2S2. The lowest BCUT2D eigenvalue weighted by Crippen LogP contribution is -2.32. The van der Waals surface area contributed by atoms with Gasteiger partial charge in [0.25, 0.3) is 5.56 Å². The molecule has 2 aromatic heterocycles. The highest BCUT2D eigenvalue weighted by Gasteiger charge is 2.23. The van der Waals surface area contributed by atoms with Gasteiger partial charge in [-0.05, 0) is 55.5 Å². The summed E-state index contributed by atoms with van der Waals surface area (Å²) in [5.74, 6) is 4.96. The first kappa shape index (κ1) is 18.7. The van der Waals surface area contributed by atoms with E-state index in [9.17, 15) is 9.59 Å². The molecular weight excluding hydrogens is 448 g/mol. The molecule has 1 aromatic carbocycles. The van der Waals surface area contributed by atoms with Crippen molar-refractivity contribution in [3.63, 3.8) is 0 Å². The minimum atomic E-state index is -0.317. The molecule has 0 fully saturated rings. The van der Waals surface area contributed by atoms with E-state index in [0.717, 1.165) is 51.6 Å². The third kappa shape index (κ3) is 3.56. The fourth-order valence-electron chi connectivity index (χ4n) is 3.27. The lowest BCUT2D eigenvalue weighted by Gasteiger charge is -2.13. The Balaban J connectivity index is 1.93. The zero-order valence-corrected chi connectivity index (χ0v) is 17.5. The number of hydrogen-bond donors (Lipinski definition) is 2. The first-order valence-electron chi connectivity index (χ1n) is 8.54. The molecule has 0 aliphatic heterocycles. The Kier molecular flexibility index (Phi) is 5.36. The molecule has 2 heterocycles. The Hall–Kier alpha value is -1.68. The maximum absolute atomic E-state index is 13.5. The summed E-state index contributed by atoms with van der Waals surface area (Å²) >= 11 is 6.24. The summed E-state index contributed by atoms with van der Waals surface area (Å²) in [4.78, 5) is 31.9. The Morgan fingerprint density at radius 2 is 2.04 bits per heavy atom. The maximum atomic E-state index is 13.5.